The first-order valence-corrected chi connectivity index (χ1v) is 10.7. The van der Waals surface area contributed by atoms with Crippen molar-refractivity contribution in [1.29, 1.82) is 0 Å². The third-order valence-electron chi connectivity index (χ3n) is 5.37. The van der Waals surface area contributed by atoms with E-state index in [9.17, 15) is 14.4 Å². The Bertz CT molecular complexity index is 1380. The predicted octanol–water partition coefficient (Wildman–Crippen LogP) is 4.98. The second-order valence-electron chi connectivity index (χ2n) is 7.78. The Morgan fingerprint density at radius 2 is 1.62 bits per heavy atom. The van der Waals surface area contributed by atoms with Gasteiger partial charge in [-0.25, -0.2) is 14.4 Å². The highest BCUT2D eigenvalue weighted by atomic mass is 16.6. The minimum atomic E-state index is -1.11. The number of carbonyl (C=O) groups is 2. The summed E-state index contributed by atoms with van der Waals surface area (Å²) >= 11 is 0. The van der Waals surface area contributed by atoms with Crippen LogP contribution in [0.1, 0.15) is 28.3 Å². The Hall–Kier alpha value is -4.39. The summed E-state index contributed by atoms with van der Waals surface area (Å²) in [5, 5.41) is 3.34. The number of rotatable bonds is 6. The molecule has 0 bridgehead atoms. The summed E-state index contributed by atoms with van der Waals surface area (Å²) in [5.41, 5.74) is 2.48. The molecule has 172 valence electrons. The first kappa shape index (κ1) is 22.8. The fraction of sp³-hybridized carbons (Fsp3) is 0.148. The lowest BCUT2D eigenvalue weighted by molar-refractivity contribution is -0.136. The molecule has 4 rings (SSSR count). The van der Waals surface area contributed by atoms with Crippen molar-refractivity contribution in [3.8, 4) is 5.75 Å². The lowest BCUT2D eigenvalue weighted by Gasteiger charge is -2.19. The van der Waals surface area contributed by atoms with Gasteiger partial charge in [0.1, 0.15) is 17.9 Å². The van der Waals surface area contributed by atoms with Crippen LogP contribution in [0.25, 0.3) is 11.0 Å². The molecule has 7 nitrogen and oxygen atoms in total. The van der Waals surface area contributed by atoms with Gasteiger partial charge >= 0.3 is 17.7 Å². The molecule has 1 atom stereocenters. The minimum absolute atomic E-state index is 0.0609. The van der Waals surface area contributed by atoms with Gasteiger partial charge in [-0.1, -0.05) is 60.7 Å². The molecule has 3 aromatic carbocycles. The summed E-state index contributed by atoms with van der Waals surface area (Å²) in [6.07, 6.45) is -0.758. The number of alkyl carbamates (subject to hydrolysis) is 1. The molecular weight excluding hydrogens is 434 g/mol. The van der Waals surface area contributed by atoms with Gasteiger partial charge in [-0.15, -0.1) is 0 Å². The summed E-state index contributed by atoms with van der Waals surface area (Å²) in [6, 6.07) is 21.6. The van der Waals surface area contributed by atoms with Crippen molar-refractivity contribution in [2.45, 2.75) is 26.5 Å². The van der Waals surface area contributed by atoms with Crippen LogP contribution in [0.5, 0.6) is 5.75 Å². The number of esters is 1. The second-order valence-corrected chi connectivity index (χ2v) is 7.78. The first-order chi connectivity index (χ1) is 16.4. The third-order valence-corrected chi connectivity index (χ3v) is 5.37. The van der Waals surface area contributed by atoms with E-state index in [0.717, 1.165) is 16.5 Å². The van der Waals surface area contributed by atoms with E-state index in [4.69, 9.17) is 13.9 Å². The molecule has 1 unspecified atom stereocenters. The summed E-state index contributed by atoms with van der Waals surface area (Å²) in [4.78, 5) is 37.5. The lowest BCUT2D eigenvalue weighted by Crippen LogP contribution is -2.36. The van der Waals surface area contributed by atoms with Crippen molar-refractivity contribution >= 4 is 23.0 Å². The first-order valence-electron chi connectivity index (χ1n) is 10.7. The molecule has 0 saturated heterocycles. The van der Waals surface area contributed by atoms with Crippen molar-refractivity contribution in [2.24, 2.45) is 0 Å². The average Bonchev–Trinajstić information content (AvgIpc) is 2.84. The summed E-state index contributed by atoms with van der Waals surface area (Å²) in [5.74, 6) is -0.480. The van der Waals surface area contributed by atoms with Crippen molar-refractivity contribution < 1.29 is 23.5 Å². The average molecular weight is 457 g/mol. The number of nitrogens with one attached hydrogen (secondary N) is 1. The van der Waals surface area contributed by atoms with Crippen molar-refractivity contribution in [1.82, 2.24) is 5.32 Å². The van der Waals surface area contributed by atoms with E-state index in [2.05, 4.69) is 5.32 Å². The molecule has 4 aromatic rings. The van der Waals surface area contributed by atoms with E-state index >= 15 is 0 Å². The van der Waals surface area contributed by atoms with Gasteiger partial charge in [-0.2, -0.15) is 0 Å². The van der Waals surface area contributed by atoms with Gasteiger partial charge in [0.2, 0.25) is 0 Å². The topological polar surface area (TPSA) is 94.8 Å². The predicted molar refractivity (Wildman–Crippen MR) is 127 cm³/mol. The van der Waals surface area contributed by atoms with Crippen molar-refractivity contribution in [3.05, 3.63) is 112 Å². The maximum atomic E-state index is 13.2. The molecule has 0 radical (unpaired) electrons. The highest BCUT2D eigenvalue weighted by molar-refractivity contribution is 5.88. The second kappa shape index (κ2) is 10.0. The SMILES string of the molecule is Cc1cc(=O)oc2c(C)c(OC(=O)C(NC(=O)OCc3ccccc3)c3ccccc3)ccc12. The van der Waals surface area contributed by atoms with Crippen LogP contribution in [0.4, 0.5) is 4.79 Å². The minimum Gasteiger partial charge on any atom is -0.445 e. The zero-order valence-electron chi connectivity index (χ0n) is 18.7. The Labute approximate surface area is 195 Å². The van der Waals surface area contributed by atoms with Crippen LogP contribution >= 0.6 is 0 Å². The van der Waals surface area contributed by atoms with Gasteiger partial charge in [0, 0.05) is 17.0 Å². The molecule has 1 amide bonds. The summed E-state index contributed by atoms with van der Waals surface area (Å²) in [6.45, 7) is 3.57. The van der Waals surface area contributed by atoms with Gasteiger partial charge < -0.3 is 19.2 Å². The number of amides is 1. The summed E-state index contributed by atoms with van der Waals surface area (Å²) in [7, 11) is 0. The van der Waals surface area contributed by atoms with Crippen LogP contribution < -0.4 is 15.7 Å². The molecule has 1 heterocycles. The zero-order chi connectivity index (χ0) is 24.1. The summed E-state index contributed by atoms with van der Waals surface area (Å²) < 4.78 is 16.3. The molecule has 0 spiro atoms. The maximum Gasteiger partial charge on any atom is 0.408 e. The van der Waals surface area contributed by atoms with E-state index in [1.807, 2.05) is 30.3 Å². The normalized spacial score (nSPS) is 11.6. The van der Waals surface area contributed by atoms with Gasteiger partial charge in [-0.05, 0) is 42.7 Å². The molecule has 7 heteroatoms. The lowest BCUT2D eigenvalue weighted by atomic mass is 10.1. The van der Waals surface area contributed by atoms with Gasteiger partial charge in [0.25, 0.3) is 0 Å². The molecule has 0 aliphatic rings. The maximum absolute atomic E-state index is 13.2. The van der Waals surface area contributed by atoms with Crippen LogP contribution in [-0.2, 0) is 16.1 Å². The molecule has 1 N–H and O–H groups in total. The van der Waals surface area contributed by atoms with E-state index in [1.165, 1.54) is 6.07 Å². The van der Waals surface area contributed by atoms with Crippen LogP contribution in [0, 0.1) is 13.8 Å². The number of hydrogen-bond donors (Lipinski definition) is 1. The molecule has 0 aliphatic heterocycles. The number of benzene rings is 3. The largest absolute Gasteiger partial charge is 0.445 e. The van der Waals surface area contributed by atoms with Crippen LogP contribution in [0.3, 0.4) is 0 Å². The van der Waals surface area contributed by atoms with Crippen LogP contribution in [0.15, 0.2) is 88.1 Å². The number of fused-ring (bicyclic) bond motifs is 1. The molecule has 0 fully saturated rings. The van der Waals surface area contributed by atoms with Gasteiger partial charge in [0.05, 0.1) is 0 Å². The van der Waals surface area contributed by atoms with Crippen molar-refractivity contribution in [3.63, 3.8) is 0 Å². The molecule has 0 saturated carbocycles. The molecular formula is C27H23NO6. The molecule has 0 aliphatic carbocycles. The fourth-order valence-corrected chi connectivity index (χ4v) is 3.58. The van der Waals surface area contributed by atoms with Crippen LogP contribution in [-0.4, -0.2) is 12.1 Å². The number of ether oxygens (including phenoxy) is 2. The Balaban J connectivity index is 1.56. The van der Waals surface area contributed by atoms with Gasteiger partial charge in [0.15, 0.2) is 6.04 Å². The van der Waals surface area contributed by atoms with E-state index < -0.39 is 23.7 Å². The fourth-order valence-electron chi connectivity index (χ4n) is 3.58. The zero-order valence-corrected chi connectivity index (χ0v) is 18.7. The van der Waals surface area contributed by atoms with E-state index in [1.54, 1.807) is 56.3 Å². The van der Waals surface area contributed by atoms with Crippen LogP contribution in [0.2, 0.25) is 0 Å². The monoisotopic (exact) mass is 457 g/mol. The number of hydrogen-bond acceptors (Lipinski definition) is 6. The number of aryl methyl sites for hydroxylation is 2. The Morgan fingerprint density at radius 3 is 2.32 bits per heavy atom. The smallest absolute Gasteiger partial charge is 0.408 e. The van der Waals surface area contributed by atoms with Gasteiger partial charge in [-0.3, -0.25) is 0 Å². The standard InChI is InChI=1S/C27H23NO6/c1-17-15-23(29)34-25-18(2)22(14-13-21(17)25)33-26(30)24(20-11-7-4-8-12-20)28-27(31)32-16-19-9-5-3-6-10-19/h3-15,24H,16H2,1-2H3,(H,28,31). The van der Waals surface area contributed by atoms with Crippen molar-refractivity contribution in [2.75, 3.05) is 0 Å². The third kappa shape index (κ3) is 5.15. The Morgan fingerprint density at radius 1 is 0.941 bits per heavy atom. The highest BCUT2D eigenvalue weighted by Gasteiger charge is 2.26. The van der Waals surface area contributed by atoms with E-state index in [0.29, 0.717) is 16.7 Å². The Kier molecular flexibility index (Phi) is 6.73. The van der Waals surface area contributed by atoms with E-state index in [-0.39, 0.29) is 12.4 Å². The quantitative estimate of drug-likeness (QED) is 0.249. The highest BCUT2D eigenvalue weighted by Crippen LogP contribution is 2.29. The molecule has 1 aromatic heterocycles. The molecule has 34 heavy (non-hydrogen) atoms. The number of carbonyl (C=O) groups excluding carboxylic acids is 2.